The predicted octanol–water partition coefficient (Wildman–Crippen LogP) is 1.93. The van der Waals surface area contributed by atoms with Gasteiger partial charge in [0.05, 0.1) is 5.92 Å². The summed E-state index contributed by atoms with van der Waals surface area (Å²) in [5, 5.41) is 10.5. The number of nitrogens with zero attached hydrogens (tertiary/aromatic N) is 1. The van der Waals surface area contributed by atoms with E-state index in [1.54, 1.807) is 12.1 Å². The lowest BCUT2D eigenvalue weighted by Crippen LogP contribution is -2.36. The molecule has 0 radical (unpaired) electrons. The van der Waals surface area contributed by atoms with Crippen molar-refractivity contribution in [1.82, 2.24) is 0 Å². The van der Waals surface area contributed by atoms with E-state index in [9.17, 15) is 14.3 Å². The van der Waals surface area contributed by atoms with Crippen LogP contribution in [0.5, 0.6) is 0 Å². The molecule has 2 bridgehead atoms. The summed E-state index contributed by atoms with van der Waals surface area (Å²) in [6.07, 6.45) is 4.42. The first-order chi connectivity index (χ1) is 9.16. The number of rotatable bonds is 1. The standard InChI is InChI=1S/C15H14FNO2/c16-10-3-5-11(6-4-10)17-14(18)12-8-1-2-9(7-8)13(12)15(17)19/h1-6,8-9,12-14,18H,7H2/t8-,9+,12-,13+,14+/m1/s1. The fraction of sp³-hybridized carbons (Fsp3) is 0.400. The van der Waals surface area contributed by atoms with Gasteiger partial charge in [0.15, 0.2) is 0 Å². The summed E-state index contributed by atoms with van der Waals surface area (Å²) in [5.74, 6) is 0.0948. The molecule has 1 saturated carbocycles. The van der Waals surface area contributed by atoms with Gasteiger partial charge in [0.25, 0.3) is 0 Å². The molecule has 1 aliphatic heterocycles. The summed E-state index contributed by atoms with van der Waals surface area (Å²) in [6, 6.07) is 5.73. The van der Waals surface area contributed by atoms with Gasteiger partial charge in [-0.05, 0) is 42.5 Å². The molecule has 19 heavy (non-hydrogen) atoms. The first-order valence-corrected chi connectivity index (χ1v) is 6.62. The zero-order valence-corrected chi connectivity index (χ0v) is 10.2. The third-order valence-corrected chi connectivity index (χ3v) is 4.76. The lowest BCUT2D eigenvalue weighted by molar-refractivity contribution is -0.121. The number of aliphatic hydroxyl groups excluding tert-OH is 1. The average molecular weight is 259 g/mol. The Morgan fingerprint density at radius 2 is 1.84 bits per heavy atom. The van der Waals surface area contributed by atoms with Gasteiger partial charge in [-0.3, -0.25) is 9.69 Å². The van der Waals surface area contributed by atoms with Crippen molar-refractivity contribution in [3.05, 3.63) is 42.2 Å². The zero-order chi connectivity index (χ0) is 13.1. The molecule has 0 unspecified atom stereocenters. The second-order valence-electron chi connectivity index (χ2n) is 5.65. The number of benzene rings is 1. The van der Waals surface area contributed by atoms with Gasteiger partial charge in [-0.2, -0.15) is 0 Å². The van der Waals surface area contributed by atoms with E-state index in [0.717, 1.165) is 6.42 Å². The maximum atomic E-state index is 13.0. The van der Waals surface area contributed by atoms with Crippen molar-refractivity contribution in [3.63, 3.8) is 0 Å². The van der Waals surface area contributed by atoms with Crippen molar-refractivity contribution in [3.8, 4) is 0 Å². The minimum Gasteiger partial charge on any atom is -0.373 e. The molecule has 5 atom stereocenters. The van der Waals surface area contributed by atoms with Crippen molar-refractivity contribution >= 4 is 11.6 Å². The summed E-state index contributed by atoms with van der Waals surface area (Å²) >= 11 is 0. The van der Waals surface area contributed by atoms with Gasteiger partial charge in [0.2, 0.25) is 5.91 Å². The van der Waals surface area contributed by atoms with Crippen LogP contribution in [0.1, 0.15) is 6.42 Å². The Labute approximate surface area is 110 Å². The minimum absolute atomic E-state index is 0.00690. The third-order valence-electron chi connectivity index (χ3n) is 4.76. The highest BCUT2D eigenvalue weighted by Gasteiger charge is 2.59. The molecule has 0 spiro atoms. The molecule has 1 amide bonds. The second-order valence-corrected chi connectivity index (χ2v) is 5.65. The van der Waals surface area contributed by atoms with Crippen molar-refractivity contribution in [2.75, 3.05) is 4.90 Å². The Morgan fingerprint density at radius 3 is 2.53 bits per heavy atom. The molecule has 98 valence electrons. The highest BCUT2D eigenvalue weighted by molar-refractivity contribution is 5.99. The molecular formula is C15H14FNO2. The summed E-state index contributed by atoms with van der Waals surface area (Å²) in [6.45, 7) is 0. The van der Waals surface area contributed by atoms with Crippen molar-refractivity contribution < 1.29 is 14.3 Å². The number of carbonyl (C=O) groups is 1. The van der Waals surface area contributed by atoms with Crippen LogP contribution < -0.4 is 4.90 Å². The van der Waals surface area contributed by atoms with Crippen LogP contribution in [-0.4, -0.2) is 17.2 Å². The van der Waals surface area contributed by atoms with E-state index >= 15 is 0 Å². The van der Waals surface area contributed by atoms with E-state index in [4.69, 9.17) is 0 Å². The Bertz CT molecular complexity index is 568. The normalized spacial score (nSPS) is 39.2. The first-order valence-electron chi connectivity index (χ1n) is 6.62. The van der Waals surface area contributed by atoms with Gasteiger partial charge in [0.1, 0.15) is 12.0 Å². The fourth-order valence-corrected chi connectivity index (χ4v) is 3.96. The van der Waals surface area contributed by atoms with Crippen LogP contribution in [0.15, 0.2) is 36.4 Å². The number of halogens is 1. The largest absolute Gasteiger partial charge is 0.373 e. The predicted molar refractivity (Wildman–Crippen MR) is 67.6 cm³/mol. The second kappa shape index (κ2) is 3.67. The molecule has 1 N–H and O–H groups in total. The van der Waals surface area contributed by atoms with Crippen LogP contribution in [0, 0.1) is 29.5 Å². The average Bonchev–Trinajstić information content (AvgIpc) is 3.06. The summed E-state index contributed by atoms with van der Waals surface area (Å²) in [5.41, 5.74) is 0.577. The van der Waals surface area contributed by atoms with Crippen molar-refractivity contribution in [1.29, 1.82) is 0 Å². The molecule has 1 heterocycles. The highest BCUT2D eigenvalue weighted by Crippen LogP contribution is 2.54. The maximum absolute atomic E-state index is 13.0. The quantitative estimate of drug-likeness (QED) is 0.783. The van der Waals surface area contributed by atoms with Gasteiger partial charge in [-0.25, -0.2) is 4.39 Å². The van der Waals surface area contributed by atoms with Gasteiger partial charge < -0.3 is 5.11 Å². The van der Waals surface area contributed by atoms with E-state index in [1.807, 2.05) is 0 Å². The Kier molecular flexibility index (Phi) is 2.16. The SMILES string of the molecule is O=C1[C@@H]2[C@@H]([C@@H]3C=C[C@H]2C3)[C@H](O)N1c1ccc(F)cc1. The van der Waals surface area contributed by atoms with Crippen LogP contribution in [-0.2, 0) is 4.79 Å². The molecular weight excluding hydrogens is 245 g/mol. The Hall–Kier alpha value is -1.68. The van der Waals surface area contributed by atoms with Crippen LogP contribution in [0.4, 0.5) is 10.1 Å². The van der Waals surface area contributed by atoms with Crippen molar-refractivity contribution in [2.24, 2.45) is 23.7 Å². The molecule has 1 aromatic rings. The van der Waals surface area contributed by atoms with Gasteiger partial charge in [0, 0.05) is 11.6 Å². The van der Waals surface area contributed by atoms with Crippen LogP contribution in [0.3, 0.4) is 0 Å². The van der Waals surface area contributed by atoms with Gasteiger partial charge >= 0.3 is 0 Å². The molecule has 4 rings (SSSR count). The fourth-order valence-electron chi connectivity index (χ4n) is 3.96. The number of allylic oxidation sites excluding steroid dienone is 2. The molecule has 1 saturated heterocycles. The van der Waals surface area contributed by atoms with Crippen LogP contribution >= 0.6 is 0 Å². The number of hydrogen-bond acceptors (Lipinski definition) is 2. The van der Waals surface area contributed by atoms with Gasteiger partial charge in [-0.15, -0.1) is 0 Å². The number of fused-ring (bicyclic) bond motifs is 5. The Morgan fingerprint density at radius 1 is 1.16 bits per heavy atom. The number of anilines is 1. The number of amides is 1. The summed E-state index contributed by atoms with van der Waals surface area (Å²) in [4.78, 5) is 13.9. The molecule has 4 heteroatoms. The summed E-state index contributed by atoms with van der Waals surface area (Å²) < 4.78 is 13.0. The lowest BCUT2D eigenvalue weighted by Gasteiger charge is -2.25. The number of hydrogen-bond donors (Lipinski definition) is 1. The lowest BCUT2D eigenvalue weighted by atomic mass is 9.85. The minimum atomic E-state index is -0.789. The molecule has 2 fully saturated rings. The zero-order valence-electron chi connectivity index (χ0n) is 10.2. The smallest absolute Gasteiger partial charge is 0.233 e. The highest BCUT2D eigenvalue weighted by atomic mass is 19.1. The maximum Gasteiger partial charge on any atom is 0.233 e. The first kappa shape index (κ1) is 11.2. The van der Waals surface area contributed by atoms with E-state index in [2.05, 4.69) is 12.2 Å². The van der Waals surface area contributed by atoms with Gasteiger partial charge in [-0.1, -0.05) is 12.2 Å². The van der Waals surface area contributed by atoms with Crippen LogP contribution in [0.2, 0.25) is 0 Å². The van der Waals surface area contributed by atoms with Crippen molar-refractivity contribution in [2.45, 2.75) is 12.6 Å². The molecule has 1 aromatic carbocycles. The molecule has 3 nitrogen and oxygen atoms in total. The molecule has 0 aromatic heterocycles. The number of aliphatic hydroxyl groups is 1. The molecule has 3 aliphatic rings. The third kappa shape index (κ3) is 1.38. The van der Waals surface area contributed by atoms with E-state index in [0.29, 0.717) is 11.6 Å². The van der Waals surface area contributed by atoms with E-state index in [1.165, 1.54) is 17.0 Å². The van der Waals surface area contributed by atoms with E-state index < -0.39 is 6.23 Å². The Balaban J connectivity index is 1.72. The summed E-state index contributed by atoms with van der Waals surface area (Å²) in [7, 11) is 0. The van der Waals surface area contributed by atoms with E-state index in [-0.39, 0.29) is 29.5 Å². The number of carbonyl (C=O) groups excluding carboxylic acids is 1. The monoisotopic (exact) mass is 259 g/mol. The topological polar surface area (TPSA) is 40.5 Å². The molecule has 2 aliphatic carbocycles. The van der Waals surface area contributed by atoms with Crippen LogP contribution in [0.25, 0.3) is 0 Å².